The van der Waals surface area contributed by atoms with Crippen molar-refractivity contribution in [2.24, 2.45) is 0 Å². The summed E-state index contributed by atoms with van der Waals surface area (Å²) in [5, 5.41) is 9.03. The molecular weight excluding hydrogens is 435 g/mol. The van der Waals surface area contributed by atoms with E-state index >= 15 is 0 Å². The van der Waals surface area contributed by atoms with Crippen LogP contribution in [0, 0.1) is 5.82 Å². The molecule has 32 heavy (non-hydrogen) atoms. The minimum atomic E-state index is -0.440. The predicted octanol–water partition coefficient (Wildman–Crippen LogP) is 4.07. The van der Waals surface area contributed by atoms with Crippen molar-refractivity contribution in [1.29, 1.82) is 0 Å². The van der Waals surface area contributed by atoms with Gasteiger partial charge in [-0.25, -0.2) is 9.37 Å². The molecule has 0 radical (unpaired) electrons. The maximum absolute atomic E-state index is 14.0. The number of nitrogens with zero attached hydrogens (tertiary/aromatic N) is 3. The summed E-state index contributed by atoms with van der Waals surface area (Å²) in [6, 6.07) is 8.60. The average molecular weight is 457 g/mol. The highest BCUT2D eigenvalue weighted by Crippen LogP contribution is 2.33. The zero-order valence-electron chi connectivity index (χ0n) is 17.8. The Labute approximate surface area is 189 Å². The van der Waals surface area contributed by atoms with Crippen LogP contribution in [0.1, 0.15) is 21.5 Å². The van der Waals surface area contributed by atoms with E-state index in [0.29, 0.717) is 22.7 Å². The number of carbonyl (C=O) groups excluding carboxylic acids is 1. The highest BCUT2D eigenvalue weighted by molar-refractivity contribution is 6.33. The zero-order chi connectivity index (χ0) is 22.8. The molecule has 0 fully saturated rings. The van der Waals surface area contributed by atoms with Crippen LogP contribution in [0.15, 0.2) is 36.5 Å². The van der Waals surface area contributed by atoms with Gasteiger partial charge in [0.1, 0.15) is 16.6 Å². The van der Waals surface area contributed by atoms with Gasteiger partial charge in [0.25, 0.3) is 5.91 Å². The quantitative estimate of drug-likeness (QED) is 0.493. The molecule has 0 saturated heterocycles. The fourth-order valence-corrected chi connectivity index (χ4v) is 3.62. The fraction of sp³-hybridized carbons (Fsp3) is 0.227. The van der Waals surface area contributed by atoms with Crippen LogP contribution in [0.2, 0.25) is 5.02 Å². The molecule has 0 unspecified atom stereocenters. The molecule has 0 saturated carbocycles. The number of carbonyl (C=O) groups is 1. The molecule has 1 aromatic heterocycles. The second-order valence-corrected chi connectivity index (χ2v) is 7.95. The van der Waals surface area contributed by atoms with E-state index in [4.69, 9.17) is 16.3 Å². The van der Waals surface area contributed by atoms with Crippen LogP contribution >= 0.6 is 11.6 Å². The molecule has 3 aromatic rings. The number of amides is 1. The van der Waals surface area contributed by atoms with Crippen molar-refractivity contribution in [3.63, 3.8) is 0 Å². The molecule has 2 aromatic carbocycles. The third-order valence-corrected chi connectivity index (χ3v) is 5.19. The van der Waals surface area contributed by atoms with Crippen molar-refractivity contribution >= 4 is 40.6 Å². The Morgan fingerprint density at radius 1 is 1.22 bits per heavy atom. The molecule has 1 aliphatic rings. The summed E-state index contributed by atoms with van der Waals surface area (Å²) in [5.74, 6) is 0.406. The molecule has 3 N–H and O–H groups in total. The summed E-state index contributed by atoms with van der Waals surface area (Å²) in [4.78, 5) is 22.9. The molecular formula is C22H22ClFN6O2. The normalized spacial score (nSPS) is 12.5. The van der Waals surface area contributed by atoms with Crippen molar-refractivity contribution < 1.29 is 13.9 Å². The van der Waals surface area contributed by atoms with Crippen LogP contribution in [-0.2, 0) is 13.1 Å². The van der Waals surface area contributed by atoms with Gasteiger partial charge in [-0.1, -0.05) is 17.7 Å². The Morgan fingerprint density at radius 3 is 2.75 bits per heavy atom. The van der Waals surface area contributed by atoms with Gasteiger partial charge >= 0.3 is 0 Å². The topological polar surface area (TPSA) is 91.4 Å². The number of hydrogen-bond donors (Lipinski definition) is 3. The lowest BCUT2D eigenvalue weighted by Crippen LogP contribution is -2.13. The number of anilines is 4. The molecule has 0 atom stereocenters. The van der Waals surface area contributed by atoms with Crippen LogP contribution < -0.4 is 20.7 Å². The lowest BCUT2D eigenvalue weighted by Gasteiger charge is -2.15. The number of nitrogens with one attached hydrogen (secondary N) is 3. The fourth-order valence-electron chi connectivity index (χ4n) is 3.48. The van der Waals surface area contributed by atoms with E-state index in [2.05, 4.69) is 30.8 Å². The van der Waals surface area contributed by atoms with Crippen LogP contribution in [0.3, 0.4) is 0 Å². The van der Waals surface area contributed by atoms with Crippen LogP contribution in [-0.4, -0.2) is 42.0 Å². The van der Waals surface area contributed by atoms with E-state index in [1.54, 1.807) is 7.11 Å². The first-order chi connectivity index (χ1) is 15.4. The summed E-state index contributed by atoms with van der Waals surface area (Å²) < 4.78 is 19.5. The average Bonchev–Trinajstić information content (AvgIpc) is 3.16. The van der Waals surface area contributed by atoms with Crippen LogP contribution in [0.4, 0.5) is 27.5 Å². The molecule has 1 aliphatic heterocycles. The van der Waals surface area contributed by atoms with Gasteiger partial charge in [-0.3, -0.25) is 4.79 Å². The third kappa shape index (κ3) is 4.44. The molecule has 0 spiro atoms. The molecule has 8 nitrogen and oxygen atoms in total. The van der Waals surface area contributed by atoms with E-state index in [1.807, 2.05) is 32.3 Å². The number of methoxy groups -OCH3 is 1. The molecule has 0 bridgehead atoms. The lowest BCUT2D eigenvalue weighted by molar-refractivity contribution is 0.0966. The second-order valence-electron chi connectivity index (χ2n) is 7.54. The molecule has 4 rings (SSSR count). The SMILES string of the molecule is COc1cc(CN(C)C)ccc1Nc1ncc(Cl)c(Nc2ccc(F)c3c2C(=O)NC3)n1. The second kappa shape index (κ2) is 8.97. The first kappa shape index (κ1) is 21.8. The van der Waals surface area contributed by atoms with Gasteiger partial charge in [0.05, 0.1) is 30.2 Å². The van der Waals surface area contributed by atoms with Crippen molar-refractivity contribution in [3.05, 3.63) is 64.1 Å². The summed E-state index contributed by atoms with van der Waals surface area (Å²) in [5.41, 5.74) is 2.75. The Balaban J connectivity index is 1.61. The highest BCUT2D eigenvalue weighted by Gasteiger charge is 2.26. The van der Waals surface area contributed by atoms with Crippen LogP contribution in [0.5, 0.6) is 5.75 Å². The Morgan fingerprint density at radius 2 is 2.00 bits per heavy atom. The van der Waals surface area contributed by atoms with E-state index in [9.17, 15) is 9.18 Å². The molecule has 1 amide bonds. The number of benzene rings is 2. The minimum Gasteiger partial charge on any atom is -0.495 e. The molecule has 10 heteroatoms. The number of halogens is 2. The van der Waals surface area contributed by atoms with Gasteiger partial charge < -0.3 is 25.6 Å². The lowest BCUT2D eigenvalue weighted by atomic mass is 10.1. The maximum atomic E-state index is 14.0. The smallest absolute Gasteiger partial charge is 0.254 e. The summed E-state index contributed by atoms with van der Waals surface area (Å²) >= 11 is 6.28. The number of fused-ring (bicyclic) bond motifs is 1. The molecule has 166 valence electrons. The van der Waals surface area contributed by atoms with Crippen molar-refractivity contribution in [2.45, 2.75) is 13.1 Å². The Kier molecular flexibility index (Phi) is 6.11. The predicted molar refractivity (Wildman–Crippen MR) is 122 cm³/mol. The summed E-state index contributed by atoms with van der Waals surface area (Å²) in [6.45, 7) is 0.918. The Bertz CT molecular complexity index is 1190. The van der Waals surface area contributed by atoms with Gasteiger partial charge in [0.2, 0.25) is 5.95 Å². The molecule has 2 heterocycles. The van der Waals surface area contributed by atoms with Crippen molar-refractivity contribution in [1.82, 2.24) is 20.2 Å². The monoisotopic (exact) mass is 456 g/mol. The van der Waals surface area contributed by atoms with Gasteiger partial charge in [-0.2, -0.15) is 4.98 Å². The highest BCUT2D eigenvalue weighted by atomic mass is 35.5. The van der Waals surface area contributed by atoms with Gasteiger partial charge in [0, 0.05) is 18.7 Å². The Hall–Kier alpha value is -3.43. The van der Waals surface area contributed by atoms with E-state index in [0.717, 1.165) is 12.1 Å². The standard InChI is InChI=1S/C22H22ClFN6O2/c1-30(2)11-12-4-6-16(18(8-12)32-3)28-22-26-10-14(23)20(29-22)27-17-7-5-15(24)13-9-25-21(31)19(13)17/h4-8,10H,9,11H2,1-3H3,(H,25,31)(H2,26,27,28,29). The number of ether oxygens (including phenoxy) is 1. The van der Waals surface area contributed by atoms with E-state index in [1.165, 1.54) is 18.3 Å². The van der Waals surface area contributed by atoms with Crippen molar-refractivity contribution in [2.75, 3.05) is 31.8 Å². The van der Waals surface area contributed by atoms with Gasteiger partial charge in [0.15, 0.2) is 5.82 Å². The zero-order valence-corrected chi connectivity index (χ0v) is 18.5. The van der Waals surface area contributed by atoms with E-state index in [-0.39, 0.29) is 34.8 Å². The van der Waals surface area contributed by atoms with Crippen LogP contribution in [0.25, 0.3) is 0 Å². The largest absolute Gasteiger partial charge is 0.495 e. The third-order valence-electron chi connectivity index (χ3n) is 4.92. The first-order valence-corrected chi connectivity index (χ1v) is 10.2. The number of aromatic nitrogens is 2. The summed E-state index contributed by atoms with van der Waals surface area (Å²) in [6.07, 6.45) is 1.44. The van der Waals surface area contributed by atoms with Crippen molar-refractivity contribution in [3.8, 4) is 5.75 Å². The number of hydrogen-bond acceptors (Lipinski definition) is 7. The molecule has 0 aliphatic carbocycles. The summed E-state index contributed by atoms with van der Waals surface area (Å²) in [7, 11) is 5.58. The van der Waals surface area contributed by atoms with E-state index < -0.39 is 5.82 Å². The first-order valence-electron chi connectivity index (χ1n) is 9.83. The maximum Gasteiger partial charge on any atom is 0.254 e. The van der Waals surface area contributed by atoms with Gasteiger partial charge in [-0.15, -0.1) is 0 Å². The van der Waals surface area contributed by atoms with Gasteiger partial charge in [-0.05, 0) is 43.9 Å². The minimum absolute atomic E-state index is 0.142. The number of rotatable bonds is 7.